The molecule has 3 unspecified atom stereocenters. The van der Waals surface area contributed by atoms with Crippen LogP contribution in [0.5, 0.6) is 0 Å². The summed E-state index contributed by atoms with van der Waals surface area (Å²) in [5, 5.41) is 12.4. The van der Waals surface area contributed by atoms with Crippen molar-refractivity contribution >= 4 is 5.97 Å². The Morgan fingerprint density at radius 3 is 2.93 bits per heavy atom. The van der Waals surface area contributed by atoms with Crippen LogP contribution < -0.4 is 5.32 Å². The summed E-state index contributed by atoms with van der Waals surface area (Å²) in [4.78, 5) is 11.0. The summed E-state index contributed by atoms with van der Waals surface area (Å²) in [6.45, 7) is 2.46. The Bertz CT molecular complexity index is 226. The van der Waals surface area contributed by atoms with Crippen molar-refractivity contribution in [2.75, 3.05) is 19.8 Å². The molecule has 1 aliphatic heterocycles. The van der Waals surface area contributed by atoms with Gasteiger partial charge in [-0.3, -0.25) is 4.79 Å². The highest BCUT2D eigenvalue weighted by atomic mass is 16.5. The van der Waals surface area contributed by atoms with Gasteiger partial charge in [-0.2, -0.15) is 0 Å². The maximum Gasteiger partial charge on any atom is 0.306 e. The molecule has 0 aromatic rings. The lowest BCUT2D eigenvalue weighted by molar-refractivity contribution is -0.142. The van der Waals surface area contributed by atoms with E-state index in [2.05, 4.69) is 5.32 Å². The first kappa shape index (κ1) is 10.9. The van der Waals surface area contributed by atoms with Gasteiger partial charge in [-0.15, -0.1) is 0 Å². The van der Waals surface area contributed by atoms with Crippen LogP contribution in [0.2, 0.25) is 0 Å². The Morgan fingerprint density at radius 1 is 1.40 bits per heavy atom. The Balaban J connectivity index is 1.75. The normalized spacial score (nSPS) is 35.9. The Hall–Kier alpha value is -0.610. The van der Waals surface area contributed by atoms with E-state index in [0.29, 0.717) is 12.0 Å². The van der Waals surface area contributed by atoms with Gasteiger partial charge in [0.2, 0.25) is 0 Å². The van der Waals surface area contributed by atoms with E-state index in [1.807, 2.05) is 0 Å². The predicted octanol–water partition coefficient (Wildman–Crippen LogP) is 0.866. The highest BCUT2D eigenvalue weighted by molar-refractivity contribution is 5.70. The van der Waals surface area contributed by atoms with Gasteiger partial charge >= 0.3 is 5.97 Å². The minimum Gasteiger partial charge on any atom is -0.481 e. The van der Waals surface area contributed by atoms with Crippen LogP contribution in [0.15, 0.2) is 0 Å². The number of ether oxygens (including phenoxy) is 1. The number of rotatable bonds is 4. The Kier molecular flexibility index (Phi) is 3.59. The van der Waals surface area contributed by atoms with Gasteiger partial charge in [0, 0.05) is 12.6 Å². The quantitative estimate of drug-likeness (QED) is 0.727. The van der Waals surface area contributed by atoms with Gasteiger partial charge in [0.25, 0.3) is 0 Å². The number of hydrogen-bond donors (Lipinski definition) is 2. The fourth-order valence-electron chi connectivity index (χ4n) is 2.62. The molecule has 1 saturated carbocycles. The van der Waals surface area contributed by atoms with Crippen LogP contribution in [-0.2, 0) is 9.53 Å². The third-order valence-corrected chi connectivity index (χ3v) is 3.57. The molecular formula is C11H19NO3. The maximum absolute atomic E-state index is 11.0. The number of carboxylic acids is 1. The van der Waals surface area contributed by atoms with Crippen LogP contribution in [0, 0.1) is 11.8 Å². The lowest BCUT2D eigenvalue weighted by atomic mass is 9.96. The minimum absolute atomic E-state index is 0.125. The summed E-state index contributed by atoms with van der Waals surface area (Å²) in [6.07, 6.45) is 4.02. The SMILES string of the molecule is O=C(O)C1CCCC1CNC1CCOC1. The first-order chi connectivity index (χ1) is 7.27. The van der Waals surface area contributed by atoms with Gasteiger partial charge in [-0.25, -0.2) is 0 Å². The van der Waals surface area contributed by atoms with Crippen molar-refractivity contribution in [1.29, 1.82) is 0 Å². The second-order valence-electron chi connectivity index (χ2n) is 4.60. The molecule has 1 heterocycles. The molecule has 1 aliphatic carbocycles. The molecule has 0 aromatic carbocycles. The predicted molar refractivity (Wildman–Crippen MR) is 55.7 cm³/mol. The zero-order valence-corrected chi connectivity index (χ0v) is 8.95. The molecule has 0 radical (unpaired) electrons. The summed E-state index contributed by atoms with van der Waals surface area (Å²) in [5.41, 5.74) is 0. The van der Waals surface area contributed by atoms with Gasteiger partial charge in [0.1, 0.15) is 0 Å². The van der Waals surface area contributed by atoms with Crippen LogP contribution >= 0.6 is 0 Å². The van der Waals surface area contributed by atoms with E-state index in [-0.39, 0.29) is 5.92 Å². The first-order valence-electron chi connectivity index (χ1n) is 5.81. The average molecular weight is 213 g/mol. The van der Waals surface area contributed by atoms with Crippen LogP contribution in [0.25, 0.3) is 0 Å². The lowest BCUT2D eigenvalue weighted by Crippen LogP contribution is -2.36. The fourth-order valence-corrected chi connectivity index (χ4v) is 2.62. The van der Waals surface area contributed by atoms with Crippen LogP contribution in [0.3, 0.4) is 0 Å². The fraction of sp³-hybridized carbons (Fsp3) is 0.909. The maximum atomic E-state index is 11.0. The summed E-state index contributed by atoms with van der Waals surface area (Å²) in [5.74, 6) is -0.426. The average Bonchev–Trinajstić information content (AvgIpc) is 2.86. The molecule has 0 aromatic heterocycles. The molecule has 0 amide bonds. The van der Waals surface area contributed by atoms with E-state index >= 15 is 0 Å². The van der Waals surface area contributed by atoms with E-state index in [0.717, 1.165) is 45.4 Å². The number of aliphatic carboxylic acids is 1. The van der Waals surface area contributed by atoms with Crippen molar-refractivity contribution in [3.8, 4) is 0 Å². The largest absolute Gasteiger partial charge is 0.481 e. The van der Waals surface area contributed by atoms with Crippen LogP contribution in [0.4, 0.5) is 0 Å². The molecule has 2 rings (SSSR count). The van der Waals surface area contributed by atoms with Crippen molar-refractivity contribution in [3.63, 3.8) is 0 Å². The lowest BCUT2D eigenvalue weighted by Gasteiger charge is -2.18. The smallest absolute Gasteiger partial charge is 0.306 e. The van der Waals surface area contributed by atoms with E-state index in [4.69, 9.17) is 9.84 Å². The Morgan fingerprint density at radius 2 is 2.27 bits per heavy atom. The topological polar surface area (TPSA) is 58.6 Å². The Labute approximate surface area is 90.0 Å². The highest BCUT2D eigenvalue weighted by Crippen LogP contribution is 2.31. The van der Waals surface area contributed by atoms with Crippen molar-refractivity contribution in [2.24, 2.45) is 11.8 Å². The third-order valence-electron chi connectivity index (χ3n) is 3.57. The van der Waals surface area contributed by atoms with E-state index in [1.165, 1.54) is 0 Å². The third kappa shape index (κ3) is 2.69. The van der Waals surface area contributed by atoms with Crippen molar-refractivity contribution in [2.45, 2.75) is 31.7 Å². The summed E-state index contributed by atoms with van der Waals surface area (Å²) in [6, 6.07) is 0.444. The standard InChI is InChI=1S/C11H19NO3/c13-11(14)10-3-1-2-8(10)6-12-9-4-5-15-7-9/h8-10,12H,1-7H2,(H,13,14). The van der Waals surface area contributed by atoms with Crippen molar-refractivity contribution in [3.05, 3.63) is 0 Å². The molecule has 1 saturated heterocycles. The van der Waals surface area contributed by atoms with Crippen molar-refractivity contribution in [1.82, 2.24) is 5.32 Å². The zero-order chi connectivity index (χ0) is 10.7. The number of nitrogens with one attached hydrogen (secondary N) is 1. The molecule has 0 spiro atoms. The highest BCUT2D eigenvalue weighted by Gasteiger charge is 2.33. The van der Waals surface area contributed by atoms with Gasteiger partial charge < -0.3 is 15.2 Å². The van der Waals surface area contributed by atoms with Gasteiger partial charge in [-0.1, -0.05) is 6.42 Å². The minimum atomic E-state index is -0.623. The van der Waals surface area contributed by atoms with Crippen molar-refractivity contribution < 1.29 is 14.6 Å². The van der Waals surface area contributed by atoms with Gasteiger partial charge in [-0.05, 0) is 31.7 Å². The molecule has 4 nitrogen and oxygen atoms in total. The summed E-state index contributed by atoms with van der Waals surface area (Å²) < 4.78 is 5.27. The molecule has 3 atom stereocenters. The summed E-state index contributed by atoms with van der Waals surface area (Å²) in [7, 11) is 0. The second-order valence-corrected chi connectivity index (χ2v) is 4.60. The van der Waals surface area contributed by atoms with Crippen LogP contribution in [-0.4, -0.2) is 36.9 Å². The first-order valence-corrected chi connectivity index (χ1v) is 5.81. The molecule has 4 heteroatoms. The number of carbonyl (C=O) groups is 1. The molecule has 0 bridgehead atoms. The molecule has 86 valence electrons. The molecule has 2 N–H and O–H groups in total. The van der Waals surface area contributed by atoms with Gasteiger partial charge in [0.05, 0.1) is 12.5 Å². The summed E-state index contributed by atoms with van der Waals surface area (Å²) >= 11 is 0. The number of carboxylic acid groups (broad SMARTS) is 1. The number of hydrogen-bond acceptors (Lipinski definition) is 3. The molecule has 15 heavy (non-hydrogen) atoms. The van der Waals surface area contributed by atoms with E-state index in [1.54, 1.807) is 0 Å². The van der Waals surface area contributed by atoms with E-state index < -0.39 is 5.97 Å². The second kappa shape index (κ2) is 4.94. The van der Waals surface area contributed by atoms with E-state index in [9.17, 15) is 4.79 Å². The molecule has 2 fully saturated rings. The monoisotopic (exact) mass is 213 g/mol. The zero-order valence-electron chi connectivity index (χ0n) is 8.95. The molecule has 2 aliphatic rings. The van der Waals surface area contributed by atoms with Gasteiger partial charge in [0.15, 0.2) is 0 Å². The van der Waals surface area contributed by atoms with Crippen LogP contribution in [0.1, 0.15) is 25.7 Å². The molecular weight excluding hydrogens is 194 g/mol.